The van der Waals surface area contributed by atoms with Crippen LogP contribution in [0.2, 0.25) is 0 Å². The van der Waals surface area contributed by atoms with Crippen LogP contribution in [0.4, 0.5) is 0 Å². The van der Waals surface area contributed by atoms with Gasteiger partial charge < -0.3 is 5.01 Å². The number of rotatable bonds is 3. The predicted octanol–water partition coefficient (Wildman–Crippen LogP) is 1.29. The van der Waals surface area contributed by atoms with Crippen molar-refractivity contribution in [2.24, 2.45) is 0 Å². The van der Waals surface area contributed by atoms with Crippen molar-refractivity contribution < 1.29 is 4.79 Å². The lowest BCUT2D eigenvalue weighted by Gasteiger charge is -2.26. The van der Waals surface area contributed by atoms with Crippen LogP contribution in [0.5, 0.6) is 0 Å². The molecule has 1 unspecified atom stereocenters. The Kier molecular flexibility index (Phi) is 3.17. The third-order valence-corrected chi connectivity index (χ3v) is 3.03. The van der Waals surface area contributed by atoms with Crippen LogP contribution in [0.25, 0.3) is 0 Å². The smallest absolute Gasteiger partial charge is 0.141 e. The van der Waals surface area contributed by atoms with Crippen LogP contribution >= 0.6 is 11.9 Å². The Labute approximate surface area is 77.5 Å². The van der Waals surface area contributed by atoms with Gasteiger partial charge in [0.2, 0.25) is 0 Å². The minimum absolute atomic E-state index is 0.215. The number of hydrogen-bond acceptors (Lipinski definition) is 4. The molecule has 0 aromatic carbocycles. The van der Waals surface area contributed by atoms with Gasteiger partial charge in [0.15, 0.2) is 0 Å². The largest absolute Gasteiger partial charge is 0.306 e. The minimum Gasteiger partial charge on any atom is -0.306 e. The topological polar surface area (TPSA) is 23.6 Å². The first-order valence-electron chi connectivity index (χ1n) is 3.94. The van der Waals surface area contributed by atoms with Gasteiger partial charge in [0.25, 0.3) is 0 Å². The zero-order valence-electron chi connectivity index (χ0n) is 7.65. The van der Waals surface area contributed by atoms with Crippen molar-refractivity contribution in [1.29, 1.82) is 0 Å². The second kappa shape index (κ2) is 3.96. The van der Waals surface area contributed by atoms with E-state index in [0.717, 1.165) is 0 Å². The molecule has 1 heterocycles. The molecule has 0 spiro atoms. The highest BCUT2D eigenvalue weighted by atomic mass is 32.2. The van der Waals surface area contributed by atoms with E-state index in [2.05, 4.69) is 17.4 Å². The number of hydrazine groups is 1. The van der Waals surface area contributed by atoms with E-state index in [4.69, 9.17) is 0 Å². The summed E-state index contributed by atoms with van der Waals surface area (Å²) in [5.74, 6) is 0.767. The van der Waals surface area contributed by atoms with E-state index in [1.165, 1.54) is 0 Å². The fourth-order valence-corrected chi connectivity index (χ4v) is 1.90. The van der Waals surface area contributed by atoms with E-state index in [0.29, 0.717) is 11.8 Å². The standard InChI is InChI=1S/C8H14N2OS/c1-7-4-5-9(3)10(7)12-6-8(2)11/h4-5,7H,6H2,1-3H3. The summed E-state index contributed by atoms with van der Waals surface area (Å²) < 4.78 is 2.08. The van der Waals surface area contributed by atoms with Gasteiger partial charge in [0.05, 0.1) is 11.8 Å². The summed E-state index contributed by atoms with van der Waals surface area (Å²) in [4.78, 5) is 10.7. The van der Waals surface area contributed by atoms with Gasteiger partial charge in [-0.25, -0.2) is 0 Å². The second-order valence-electron chi connectivity index (χ2n) is 2.93. The van der Waals surface area contributed by atoms with Crippen LogP contribution < -0.4 is 0 Å². The summed E-state index contributed by atoms with van der Waals surface area (Å²) >= 11 is 1.56. The molecule has 0 aliphatic carbocycles. The Morgan fingerprint density at radius 1 is 1.67 bits per heavy atom. The Hall–Kier alpha value is -0.480. The first-order valence-corrected chi connectivity index (χ1v) is 4.88. The molecule has 68 valence electrons. The Morgan fingerprint density at radius 2 is 2.33 bits per heavy atom. The first-order chi connectivity index (χ1) is 5.61. The van der Waals surface area contributed by atoms with Crippen LogP contribution in [-0.4, -0.2) is 34.0 Å². The van der Waals surface area contributed by atoms with Gasteiger partial charge in [-0.3, -0.25) is 4.79 Å². The van der Waals surface area contributed by atoms with Crippen LogP contribution in [-0.2, 0) is 4.79 Å². The molecule has 1 aliphatic heterocycles. The summed E-state index contributed by atoms with van der Waals surface area (Å²) in [6.45, 7) is 3.72. The third-order valence-electron chi connectivity index (χ3n) is 1.64. The van der Waals surface area contributed by atoms with E-state index in [-0.39, 0.29) is 5.78 Å². The number of carbonyl (C=O) groups excluding carboxylic acids is 1. The van der Waals surface area contributed by atoms with Crippen LogP contribution in [0.3, 0.4) is 0 Å². The molecule has 12 heavy (non-hydrogen) atoms. The van der Waals surface area contributed by atoms with Crippen molar-refractivity contribution in [3.05, 3.63) is 12.3 Å². The number of hydrogen-bond donors (Lipinski definition) is 0. The van der Waals surface area contributed by atoms with Gasteiger partial charge in [-0.05, 0) is 31.9 Å². The van der Waals surface area contributed by atoms with Crippen LogP contribution in [0, 0.1) is 0 Å². The van der Waals surface area contributed by atoms with Gasteiger partial charge in [0.1, 0.15) is 5.78 Å². The number of ketones is 1. The summed E-state index contributed by atoms with van der Waals surface area (Å²) in [6.07, 6.45) is 4.12. The Morgan fingerprint density at radius 3 is 2.75 bits per heavy atom. The summed E-state index contributed by atoms with van der Waals surface area (Å²) in [6, 6.07) is 0.388. The predicted molar refractivity (Wildman–Crippen MR) is 51.3 cm³/mol. The van der Waals surface area contributed by atoms with Gasteiger partial charge in [-0.2, -0.15) is 4.41 Å². The maximum Gasteiger partial charge on any atom is 0.141 e. The van der Waals surface area contributed by atoms with Gasteiger partial charge in [0, 0.05) is 13.2 Å². The average molecular weight is 186 g/mol. The molecule has 1 rings (SSSR count). The van der Waals surface area contributed by atoms with Gasteiger partial charge >= 0.3 is 0 Å². The van der Waals surface area contributed by atoms with Crippen LogP contribution in [0.15, 0.2) is 12.3 Å². The highest BCUT2D eigenvalue weighted by Gasteiger charge is 2.20. The van der Waals surface area contributed by atoms with Crippen LogP contribution in [0.1, 0.15) is 13.8 Å². The Balaban J connectivity index is 2.37. The van der Waals surface area contributed by atoms with E-state index in [1.807, 2.05) is 18.3 Å². The lowest BCUT2D eigenvalue weighted by Crippen LogP contribution is -2.31. The molecule has 0 saturated heterocycles. The van der Waals surface area contributed by atoms with Crippen molar-refractivity contribution >= 4 is 17.7 Å². The van der Waals surface area contributed by atoms with E-state index >= 15 is 0 Å². The van der Waals surface area contributed by atoms with Crippen molar-refractivity contribution in [2.75, 3.05) is 12.8 Å². The zero-order valence-corrected chi connectivity index (χ0v) is 8.47. The monoisotopic (exact) mass is 186 g/mol. The minimum atomic E-state index is 0.215. The quantitative estimate of drug-likeness (QED) is 0.620. The fraction of sp³-hybridized carbons (Fsp3) is 0.625. The number of nitrogens with zero attached hydrogens (tertiary/aromatic N) is 2. The van der Waals surface area contributed by atoms with Crippen molar-refractivity contribution in [1.82, 2.24) is 9.42 Å². The molecule has 1 aliphatic rings. The molecule has 0 aromatic heterocycles. The highest BCUT2D eigenvalue weighted by molar-refractivity contribution is 7.97. The highest BCUT2D eigenvalue weighted by Crippen LogP contribution is 2.22. The summed E-state index contributed by atoms with van der Waals surface area (Å²) in [5, 5.41) is 2.00. The number of Topliss-reactive ketones (excluding diaryl/α,β-unsaturated/α-hetero) is 1. The normalized spacial score (nSPS) is 23.6. The first kappa shape index (κ1) is 9.61. The molecular weight excluding hydrogens is 172 g/mol. The molecule has 0 aromatic rings. The summed E-state index contributed by atoms with van der Waals surface area (Å²) in [7, 11) is 1.98. The summed E-state index contributed by atoms with van der Waals surface area (Å²) in [5.41, 5.74) is 0. The molecule has 0 saturated carbocycles. The Bertz CT molecular complexity index is 193. The number of carbonyl (C=O) groups is 1. The molecule has 0 radical (unpaired) electrons. The van der Waals surface area contributed by atoms with Crippen molar-refractivity contribution in [2.45, 2.75) is 19.9 Å². The van der Waals surface area contributed by atoms with E-state index in [1.54, 1.807) is 18.9 Å². The lowest BCUT2D eigenvalue weighted by molar-refractivity contribution is -0.114. The molecule has 1 atom stereocenters. The second-order valence-corrected chi connectivity index (χ2v) is 3.85. The van der Waals surface area contributed by atoms with Gasteiger partial charge in [-0.1, -0.05) is 0 Å². The van der Waals surface area contributed by atoms with Crippen molar-refractivity contribution in [3.63, 3.8) is 0 Å². The molecule has 0 amide bonds. The third kappa shape index (κ3) is 2.25. The fourth-order valence-electron chi connectivity index (χ4n) is 1.04. The van der Waals surface area contributed by atoms with E-state index in [9.17, 15) is 4.79 Å². The van der Waals surface area contributed by atoms with E-state index < -0.39 is 0 Å². The lowest BCUT2D eigenvalue weighted by atomic mass is 10.4. The molecule has 0 bridgehead atoms. The maximum absolute atomic E-state index is 10.7. The zero-order chi connectivity index (χ0) is 9.14. The van der Waals surface area contributed by atoms with Gasteiger partial charge in [-0.15, -0.1) is 0 Å². The molecular formula is C8H14N2OS. The SMILES string of the molecule is CC(=O)CSN1C(C)C=CN1C. The molecule has 3 nitrogen and oxygen atoms in total. The average Bonchev–Trinajstić information content (AvgIpc) is 2.28. The maximum atomic E-state index is 10.7. The molecule has 0 N–H and O–H groups in total. The van der Waals surface area contributed by atoms with Crippen molar-refractivity contribution in [3.8, 4) is 0 Å². The molecule has 0 fully saturated rings. The molecule has 4 heteroatoms.